The third kappa shape index (κ3) is 3.38. The first kappa shape index (κ1) is 16.8. The zero-order valence-electron chi connectivity index (χ0n) is 14.3. The van der Waals surface area contributed by atoms with Gasteiger partial charge in [0, 0.05) is 30.2 Å². The highest BCUT2D eigenvalue weighted by Gasteiger charge is 2.42. The van der Waals surface area contributed by atoms with Crippen molar-refractivity contribution in [2.75, 3.05) is 20.2 Å². The third-order valence-corrected chi connectivity index (χ3v) is 5.83. The average Bonchev–Trinajstić information content (AvgIpc) is 3.23. The van der Waals surface area contributed by atoms with Gasteiger partial charge in [0.1, 0.15) is 18.4 Å². The Morgan fingerprint density at radius 3 is 2.80 bits per heavy atom. The van der Waals surface area contributed by atoms with Crippen LogP contribution in [-0.4, -0.2) is 51.1 Å². The minimum Gasteiger partial charge on any atom is -0.496 e. The second-order valence-corrected chi connectivity index (χ2v) is 7.59. The van der Waals surface area contributed by atoms with Crippen molar-refractivity contribution in [3.8, 4) is 5.75 Å². The van der Waals surface area contributed by atoms with E-state index < -0.39 is 0 Å². The summed E-state index contributed by atoms with van der Waals surface area (Å²) >= 11 is 6.15. The maximum atomic E-state index is 10.5. The van der Waals surface area contributed by atoms with Crippen LogP contribution in [0, 0.1) is 11.8 Å². The van der Waals surface area contributed by atoms with Crippen LogP contribution in [0.5, 0.6) is 5.75 Å². The standard InChI is InChI=1S/C18H23ClN4O2/c1-25-18-3-2-15(19)4-14(18)9-22-7-12-5-16(23-11-20-10-21-23)17(24)6-13(12)8-22/h2-4,10-13,16-17,24H,5-9H2,1H3/t12-,13+,16-,17-/m1/s1. The number of methoxy groups -OCH3 is 1. The van der Waals surface area contributed by atoms with Crippen molar-refractivity contribution in [1.29, 1.82) is 0 Å². The molecule has 134 valence electrons. The summed E-state index contributed by atoms with van der Waals surface area (Å²) in [5, 5.41) is 15.5. The van der Waals surface area contributed by atoms with Crippen LogP contribution in [0.25, 0.3) is 0 Å². The molecule has 0 unspecified atom stereocenters. The molecule has 0 radical (unpaired) electrons. The summed E-state index contributed by atoms with van der Waals surface area (Å²) in [4.78, 5) is 6.46. The van der Waals surface area contributed by atoms with Crippen LogP contribution in [0.4, 0.5) is 0 Å². The summed E-state index contributed by atoms with van der Waals surface area (Å²) in [5.74, 6) is 1.97. The fourth-order valence-electron chi connectivity index (χ4n) is 4.42. The SMILES string of the molecule is COc1ccc(Cl)cc1CN1C[C@H]2C[C@@H](n3cncn3)[C@H](O)C[C@H]2C1. The second-order valence-electron chi connectivity index (χ2n) is 7.15. The molecule has 4 rings (SSSR count). The van der Waals surface area contributed by atoms with Crippen LogP contribution >= 0.6 is 11.6 Å². The van der Waals surface area contributed by atoms with E-state index in [2.05, 4.69) is 15.0 Å². The van der Waals surface area contributed by atoms with Gasteiger partial charge in [-0.05, 0) is 42.9 Å². The van der Waals surface area contributed by atoms with Crippen molar-refractivity contribution in [3.05, 3.63) is 41.4 Å². The number of benzene rings is 1. The highest BCUT2D eigenvalue weighted by atomic mass is 35.5. The number of halogens is 1. The number of likely N-dealkylation sites (tertiary alicyclic amines) is 1. The number of ether oxygens (including phenoxy) is 1. The lowest BCUT2D eigenvalue weighted by molar-refractivity contribution is 0.0304. The lowest BCUT2D eigenvalue weighted by atomic mass is 9.77. The highest BCUT2D eigenvalue weighted by molar-refractivity contribution is 6.30. The van der Waals surface area contributed by atoms with E-state index in [0.717, 1.165) is 48.8 Å². The van der Waals surface area contributed by atoms with Gasteiger partial charge < -0.3 is 9.84 Å². The van der Waals surface area contributed by atoms with E-state index in [1.165, 1.54) is 6.33 Å². The van der Waals surface area contributed by atoms with Crippen molar-refractivity contribution < 1.29 is 9.84 Å². The summed E-state index contributed by atoms with van der Waals surface area (Å²) in [6.45, 7) is 2.85. The van der Waals surface area contributed by atoms with E-state index in [1.54, 1.807) is 13.4 Å². The summed E-state index contributed by atoms with van der Waals surface area (Å²) in [6, 6.07) is 5.79. The second kappa shape index (κ2) is 6.94. The number of hydrogen-bond donors (Lipinski definition) is 1. The molecule has 2 fully saturated rings. The van der Waals surface area contributed by atoms with Gasteiger partial charge in [0.2, 0.25) is 0 Å². The lowest BCUT2D eigenvalue weighted by Crippen LogP contribution is -2.36. The van der Waals surface area contributed by atoms with Crippen LogP contribution in [0.15, 0.2) is 30.9 Å². The van der Waals surface area contributed by atoms with Gasteiger partial charge in [0.05, 0.1) is 19.3 Å². The summed E-state index contributed by atoms with van der Waals surface area (Å²) in [6.07, 6.45) is 4.64. The van der Waals surface area contributed by atoms with E-state index in [0.29, 0.717) is 11.8 Å². The molecule has 2 heterocycles. The molecule has 1 saturated carbocycles. The van der Waals surface area contributed by atoms with Crippen LogP contribution in [0.3, 0.4) is 0 Å². The normalized spacial score (nSPS) is 29.6. The molecule has 4 atom stereocenters. The molecule has 6 nitrogen and oxygen atoms in total. The molecule has 1 aromatic carbocycles. The fraction of sp³-hybridized carbons (Fsp3) is 0.556. The fourth-order valence-corrected chi connectivity index (χ4v) is 4.61. The Kier molecular flexibility index (Phi) is 4.67. The van der Waals surface area contributed by atoms with Gasteiger partial charge in [-0.2, -0.15) is 5.10 Å². The van der Waals surface area contributed by atoms with Gasteiger partial charge >= 0.3 is 0 Å². The number of aromatic nitrogens is 3. The largest absolute Gasteiger partial charge is 0.496 e. The Hall–Kier alpha value is -1.63. The Balaban J connectivity index is 1.46. The molecule has 1 N–H and O–H groups in total. The topological polar surface area (TPSA) is 63.4 Å². The summed E-state index contributed by atoms with van der Waals surface area (Å²) in [7, 11) is 1.69. The smallest absolute Gasteiger partial charge is 0.137 e. The molecule has 0 spiro atoms. The van der Waals surface area contributed by atoms with Crippen LogP contribution < -0.4 is 4.74 Å². The first-order valence-electron chi connectivity index (χ1n) is 8.71. The number of aliphatic hydroxyl groups excluding tert-OH is 1. The van der Waals surface area contributed by atoms with Gasteiger partial charge in [0.25, 0.3) is 0 Å². The zero-order valence-corrected chi connectivity index (χ0v) is 15.0. The number of nitrogens with zero attached hydrogens (tertiary/aromatic N) is 4. The molecule has 1 aromatic heterocycles. The van der Waals surface area contributed by atoms with E-state index in [-0.39, 0.29) is 12.1 Å². The average molecular weight is 363 g/mol. The zero-order chi connectivity index (χ0) is 17.4. The number of fused-ring (bicyclic) bond motifs is 1. The van der Waals surface area contributed by atoms with Crippen LogP contribution in [0.1, 0.15) is 24.4 Å². The van der Waals surface area contributed by atoms with Crippen LogP contribution in [-0.2, 0) is 6.54 Å². The molecule has 0 bridgehead atoms. The Labute approximate surface area is 152 Å². The molecule has 1 aliphatic heterocycles. The quantitative estimate of drug-likeness (QED) is 0.904. The van der Waals surface area contributed by atoms with Crippen molar-refractivity contribution in [3.63, 3.8) is 0 Å². The molecule has 25 heavy (non-hydrogen) atoms. The van der Waals surface area contributed by atoms with Crippen molar-refractivity contribution in [1.82, 2.24) is 19.7 Å². The maximum absolute atomic E-state index is 10.5. The van der Waals surface area contributed by atoms with Gasteiger partial charge in [-0.15, -0.1) is 0 Å². The van der Waals surface area contributed by atoms with Gasteiger partial charge in [0.15, 0.2) is 0 Å². The molecule has 1 aliphatic carbocycles. The predicted molar refractivity (Wildman–Crippen MR) is 94.6 cm³/mol. The lowest BCUT2D eigenvalue weighted by Gasteiger charge is -2.35. The van der Waals surface area contributed by atoms with Crippen molar-refractivity contribution in [2.24, 2.45) is 11.8 Å². The van der Waals surface area contributed by atoms with Crippen molar-refractivity contribution >= 4 is 11.6 Å². The molecule has 7 heteroatoms. The summed E-state index contributed by atoms with van der Waals surface area (Å²) in [5.41, 5.74) is 1.11. The first-order valence-corrected chi connectivity index (χ1v) is 9.08. The molecular formula is C18H23ClN4O2. The molecule has 1 saturated heterocycles. The molecule has 2 aromatic rings. The molecule has 0 amide bonds. The Bertz CT molecular complexity index is 724. The van der Waals surface area contributed by atoms with Crippen molar-refractivity contribution in [2.45, 2.75) is 31.5 Å². The Morgan fingerprint density at radius 2 is 2.08 bits per heavy atom. The van der Waals surface area contributed by atoms with Gasteiger partial charge in [-0.3, -0.25) is 4.90 Å². The van der Waals surface area contributed by atoms with E-state index in [4.69, 9.17) is 16.3 Å². The minimum atomic E-state index is -0.358. The number of aliphatic hydroxyl groups is 1. The van der Waals surface area contributed by atoms with E-state index in [9.17, 15) is 5.11 Å². The number of hydrogen-bond acceptors (Lipinski definition) is 5. The van der Waals surface area contributed by atoms with Crippen LogP contribution in [0.2, 0.25) is 5.02 Å². The van der Waals surface area contributed by atoms with E-state index in [1.807, 2.05) is 22.9 Å². The van der Waals surface area contributed by atoms with Gasteiger partial charge in [-0.1, -0.05) is 11.6 Å². The molecule has 2 aliphatic rings. The first-order chi connectivity index (χ1) is 12.1. The maximum Gasteiger partial charge on any atom is 0.137 e. The summed E-state index contributed by atoms with van der Waals surface area (Å²) < 4.78 is 7.28. The Morgan fingerprint density at radius 1 is 1.28 bits per heavy atom. The number of rotatable bonds is 4. The highest BCUT2D eigenvalue weighted by Crippen LogP contribution is 2.41. The third-order valence-electron chi connectivity index (χ3n) is 5.60. The monoisotopic (exact) mass is 362 g/mol. The van der Waals surface area contributed by atoms with E-state index >= 15 is 0 Å². The predicted octanol–water partition coefficient (Wildman–Crippen LogP) is 2.38. The molecular weight excluding hydrogens is 340 g/mol. The van der Waals surface area contributed by atoms with Gasteiger partial charge in [-0.25, -0.2) is 9.67 Å². The minimum absolute atomic E-state index is 0.0319.